The Labute approximate surface area is 127 Å². The molecule has 4 N–H and O–H groups in total. The van der Waals surface area contributed by atoms with E-state index in [1.54, 1.807) is 6.92 Å². The molecule has 1 unspecified atom stereocenters. The van der Waals surface area contributed by atoms with Crippen LogP contribution in [0.2, 0.25) is 0 Å². The lowest BCUT2D eigenvalue weighted by Crippen LogP contribution is -2.37. The van der Waals surface area contributed by atoms with Gasteiger partial charge in [-0.3, -0.25) is 0 Å². The summed E-state index contributed by atoms with van der Waals surface area (Å²) in [6, 6.07) is 1.82. The van der Waals surface area contributed by atoms with Crippen LogP contribution in [-0.2, 0) is 5.41 Å². The first-order valence-electron chi connectivity index (χ1n) is 7.38. The maximum atomic E-state index is 9.85. The van der Waals surface area contributed by atoms with Crippen molar-refractivity contribution in [1.29, 1.82) is 0 Å². The van der Waals surface area contributed by atoms with Crippen LogP contribution in [0.5, 0.6) is 0 Å². The fourth-order valence-electron chi connectivity index (χ4n) is 1.55. The third kappa shape index (κ3) is 5.85. The molecule has 0 aliphatic rings. The average Bonchev–Trinajstić information content (AvgIpc) is 2.42. The summed E-state index contributed by atoms with van der Waals surface area (Å²) in [6.45, 7) is 10.6. The van der Waals surface area contributed by atoms with E-state index in [-0.39, 0.29) is 18.6 Å². The number of aliphatic hydroxyl groups excluding tert-OH is 1. The summed E-state index contributed by atoms with van der Waals surface area (Å²) >= 11 is 0. The van der Waals surface area contributed by atoms with Gasteiger partial charge < -0.3 is 20.8 Å². The third-order valence-corrected chi connectivity index (χ3v) is 2.94. The van der Waals surface area contributed by atoms with Crippen LogP contribution in [0.15, 0.2) is 6.07 Å². The third-order valence-electron chi connectivity index (χ3n) is 2.94. The molecule has 0 aromatic carbocycles. The van der Waals surface area contributed by atoms with Gasteiger partial charge in [0.25, 0.3) is 0 Å². The second-order valence-electron chi connectivity index (χ2n) is 6.65. The molecule has 6 nitrogen and oxygen atoms in total. The second-order valence-corrected chi connectivity index (χ2v) is 6.65. The van der Waals surface area contributed by atoms with Crippen LogP contribution in [0.1, 0.15) is 46.9 Å². The molecule has 120 valence electrons. The summed E-state index contributed by atoms with van der Waals surface area (Å²) in [4.78, 5) is 9.03. The Morgan fingerprint density at radius 3 is 2.14 bits per heavy atom. The smallest absolute Gasteiger partial charge is 0.138 e. The van der Waals surface area contributed by atoms with E-state index in [4.69, 9.17) is 5.11 Å². The van der Waals surface area contributed by atoms with Gasteiger partial charge in [-0.15, -0.1) is 0 Å². The van der Waals surface area contributed by atoms with Crippen molar-refractivity contribution in [2.75, 3.05) is 30.3 Å². The summed E-state index contributed by atoms with van der Waals surface area (Å²) in [5.41, 5.74) is -1.34. The minimum absolute atomic E-state index is 0.167. The van der Waals surface area contributed by atoms with Gasteiger partial charge in [-0.25, -0.2) is 9.97 Å². The largest absolute Gasteiger partial charge is 0.393 e. The van der Waals surface area contributed by atoms with E-state index in [1.165, 1.54) is 0 Å². The molecule has 1 heterocycles. The summed E-state index contributed by atoms with van der Waals surface area (Å²) < 4.78 is 0. The van der Waals surface area contributed by atoms with Crippen LogP contribution < -0.4 is 10.6 Å². The van der Waals surface area contributed by atoms with Gasteiger partial charge in [-0.05, 0) is 13.3 Å². The number of hydrogen-bond acceptors (Lipinski definition) is 6. The highest BCUT2D eigenvalue weighted by Gasteiger charge is 2.21. The Kier molecular flexibility index (Phi) is 5.92. The zero-order valence-corrected chi connectivity index (χ0v) is 13.7. The molecule has 21 heavy (non-hydrogen) atoms. The number of aliphatic hydroxyl groups is 2. The number of anilines is 2. The predicted molar refractivity (Wildman–Crippen MR) is 85.7 cm³/mol. The van der Waals surface area contributed by atoms with Gasteiger partial charge in [0.05, 0.1) is 6.61 Å². The number of aromatic nitrogens is 2. The van der Waals surface area contributed by atoms with Crippen LogP contribution in [0.25, 0.3) is 0 Å². The minimum Gasteiger partial charge on any atom is -0.393 e. The topological polar surface area (TPSA) is 90.3 Å². The molecule has 0 spiro atoms. The predicted octanol–water partition coefficient (Wildman–Crippen LogP) is 1.75. The van der Waals surface area contributed by atoms with Crippen LogP contribution in [-0.4, -0.2) is 45.5 Å². The zero-order valence-electron chi connectivity index (χ0n) is 13.7. The summed E-state index contributed by atoms with van der Waals surface area (Å²) in [5, 5.41) is 25.3. The molecule has 1 aromatic heterocycles. The molecule has 0 saturated heterocycles. The van der Waals surface area contributed by atoms with E-state index in [0.717, 1.165) is 24.6 Å². The van der Waals surface area contributed by atoms with E-state index in [2.05, 4.69) is 48.3 Å². The minimum atomic E-state index is -1.18. The van der Waals surface area contributed by atoms with Gasteiger partial charge in [-0.1, -0.05) is 27.7 Å². The monoisotopic (exact) mass is 296 g/mol. The molecule has 1 rings (SSSR count). The Hall–Kier alpha value is -1.40. The van der Waals surface area contributed by atoms with Crippen molar-refractivity contribution in [2.24, 2.45) is 0 Å². The van der Waals surface area contributed by atoms with E-state index in [9.17, 15) is 5.11 Å². The fraction of sp³-hybridized carbons (Fsp3) is 0.733. The lowest BCUT2D eigenvalue weighted by Gasteiger charge is -2.23. The van der Waals surface area contributed by atoms with Crippen LogP contribution >= 0.6 is 0 Å². The van der Waals surface area contributed by atoms with Crippen molar-refractivity contribution in [2.45, 2.75) is 52.1 Å². The molecule has 0 bridgehead atoms. The average molecular weight is 296 g/mol. The highest BCUT2D eigenvalue weighted by atomic mass is 16.3. The summed E-state index contributed by atoms with van der Waals surface area (Å²) in [6.07, 6.45) is 1.01. The van der Waals surface area contributed by atoms with Crippen LogP contribution in [0.3, 0.4) is 0 Å². The van der Waals surface area contributed by atoms with E-state index in [1.807, 2.05) is 6.07 Å². The number of nitrogens with one attached hydrogen (secondary N) is 2. The molecule has 0 amide bonds. The first-order chi connectivity index (χ1) is 9.68. The second kappa shape index (κ2) is 7.04. The van der Waals surface area contributed by atoms with Crippen molar-refractivity contribution in [3.8, 4) is 0 Å². The highest BCUT2D eigenvalue weighted by molar-refractivity contribution is 5.48. The SMILES string of the molecule is CCCNc1cc(NCC(C)(O)CO)nc(C(C)(C)C)n1. The normalized spacial score (nSPS) is 14.6. The number of rotatable bonds is 7. The van der Waals surface area contributed by atoms with Crippen molar-refractivity contribution >= 4 is 11.6 Å². The maximum absolute atomic E-state index is 9.85. The van der Waals surface area contributed by atoms with Gasteiger partial charge in [0, 0.05) is 24.6 Å². The van der Waals surface area contributed by atoms with E-state index in [0.29, 0.717) is 5.82 Å². The van der Waals surface area contributed by atoms with Gasteiger partial charge in [0.15, 0.2) is 0 Å². The first-order valence-corrected chi connectivity index (χ1v) is 7.38. The molecule has 0 aliphatic carbocycles. The molecule has 1 atom stereocenters. The molecule has 6 heteroatoms. The summed E-state index contributed by atoms with van der Waals surface area (Å²) in [5.74, 6) is 2.14. The fourth-order valence-corrected chi connectivity index (χ4v) is 1.55. The first kappa shape index (κ1) is 17.7. The van der Waals surface area contributed by atoms with E-state index < -0.39 is 5.60 Å². The van der Waals surface area contributed by atoms with Gasteiger partial charge in [0.2, 0.25) is 0 Å². The molecule has 0 fully saturated rings. The molecular weight excluding hydrogens is 268 g/mol. The Bertz CT molecular complexity index is 455. The molecule has 0 radical (unpaired) electrons. The van der Waals surface area contributed by atoms with Crippen molar-refractivity contribution in [3.05, 3.63) is 11.9 Å². The van der Waals surface area contributed by atoms with Crippen molar-refractivity contribution < 1.29 is 10.2 Å². The standard InChI is InChI=1S/C15H28N4O2/c1-6-7-16-11-8-12(17-9-15(5,21)10-20)19-13(18-11)14(2,3)4/h8,20-21H,6-7,9-10H2,1-5H3,(H2,16,17,18,19). The van der Waals surface area contributed by atoms with Crippen LogP contribution in [0.4, 0.5) is 11.6 Å². The molecule has 0 saturated carbocycles. The molecule has 0 aliphatic heterocycles. The van der Waals surface area contributed by atoms with E-state index >= 15 is 0 Å². The Balaban J connectivity index is 2.96. The number of nitrogens with zero attached hydrogens (tertiary/aromatic N) is 2. The van der Waals surface area contributed by atoms with Gasteiger partial charge >= 0.3 is 0 Å². The van der Waals surface area contributed by atoms with Crippen LogP contribution in [0, 0.1) is 0 Å². The number of hydrogen-bond donors (Lipinski definition) is 4. The zero-order chi connectivity index (χ0) is 16.1. The lowest BCUT2D eigenvalue weighted by molar-refractivity contribution is 0.0131. The van der Waals surface area contributed by atoms with Gasteiger partial charge in [-0.2, -0.15) is 0 Å². The molecular formula is C15H28N4O2. The summed E-state index contributed by atoms with van der Waals surface area (Å²) in [7, 11) is 0. The van der Waals surface area contributed by atoms with Crippen molar-refractivity contribution in [3.63, 3.8) is 0 Å². The molecule has 1 aromatic rings. The Morgan fingerprint density at radius 1 is 1.10 bits per heavy atom. The highest BCUT2D eigenvalue weighted by Crippen LogP contribution is 2.22. The van der Waals surface area contributed by atoms with Gasteiger partial charge in [0.1, 0.15) is 23.1 Å². The van der Waals surface area contributed by atoms with Crippen molar-refractivity contribution in [1.82, 2.24) is 9.97 Å². The maximum Gasteiger partial charge on any atom is 0.138 e. The lowest BCUT2D eigenvalue weighted by atomic mass is 9.96. The Morgan fingerprint density at radius 2 is 1.67 bits per heavy atom. The quantitative estimate of drug-likeness (QED) is 0.613.